The average Bonchev–Trinajstić information content (AvgIpc) is 2.38. The molecule has 10 heavy (non-hydrogen) atoms. The molecule has 0 aromatic carbocycles. The third kappa shape index (κ3) is 1.72. The van der Waals surface area contributed by atoms with Crippen molar-refractivity contribution in [3.8, 4) is 0 Å². The van der Waals surface area contributed by atoms with Crippen LogP contribution in [0, 0.1) is 11.8 Å². The van der Waals surface area contributed by atoms with Crippen molar-refractivity contribution in [2.75, 3.05) is 0 Å². The van der Waals surface area contributed by atoms with Gasteiger partial charge in [0.2, 0.25) is 0 Å². The zero-order valence-corrected chi connectivity index (χ0v) is 7.22. The molecule has 0 radical (unpaired) electrons. The van der Waals surface area contributed by atoms with Crippen molar-refractivity contribution in [3.63, 3.8) is 0 Å². The lowest BCUT2D eigenvalue weighted by Crippen LogP contribution is -2.10. The Morgan fingerprint density at radius 3 is 2.40 bits per heavy atom. The summed E-state index contributed by atoms with van der Waals surface area (Å²) in [4.78, 5) is 0. The molecule has 1 nitrogen and oxygen atoms in total. The van der Waals surface area contributed by atoms with E-state index in [-0.39, 0.29) is 5.60 Å². The van der Waals surface area contributed by atoms with Gasteiger partial charge in [0.1, 0.15) is 0 Å². The lowest BCUT2D eigenvalue weighted by atomic mass is 10.0. The van der Waals surface area contributed by atoms with Crippen LogP contribution in [0.1, 0.15) is 40.0 Å². The van der Waals surface area contributed by atoms with Gasteiger partial charge in [-0.15, -0.1) is 0 Å². The van der Waals surface area contributed by atoms with Crippen molar-refractivity contribution in [3.05, 3.63) is 0 Å². The van der Waals surface area contributed by atoms with Gasteiger partial charge < -0.3 is 5.11 Å². The molecule has 1 heteroatoms. The Kier molecular flexibility index (Phi) is 2.04. The van der Waals surface area contributed by atoms with E-state index in [1.54, 1.807) is 0 Å². The molecular formula is C9H18O. The van der Waals surface area contributed by atoms with Crippen molar-refractivity contribution in [2.24, 2.45) is 11.8 Å². The maximum atomic E-state index is 9.65. The van der Waals surface area contributed by atoms with Gasteiger partial charge in [-0.25, -0.2) is 0 Å². The molecule has 0 amide bonds. The van der Waals surface area contributed by atoms with Crippen LogP contribution in [0.3, 0.4) is 0 Å². The third-order valence-electron chi connectivity index (χ3n) is 2.57. The van der Waals surface area contributed by atoms with Crippen molar-refractivity contribution < 1.29 is 5.11 Å². The normalized spacial score (nSPS) is 38.7. The molecule has 1 fully saturated rings. The summed E-state index contributed by atoms with van der Waals surface area (Å²) < 4.78 is 0. The highest BCUT2D eigenvalue weighted by Crippen LogP contribution is 2.46. The van der Waals surface area contributed by atoms with Crippen LogP contribution in [0.5, 0.6) is 0 Å². The number of aliphatic hydroxyl groups is 1. The Labute approximate surface area is 63.4 Å². The lowest BCUT2D eigenvalue weighted by molar-refractivity contribution is 0.117. The maximum absolute atomic E-state index is 9.65. The predicted molar refractivity (Wildman–Crippen MR) is 42.8 cm³/mol. The predicted octanol–water partition coefficient (Wildman–Crippen LogP) is 2.19. The summed E-state index contributed by atoms with van der Waals surface area (Å²) in [5, 5.41) is 9.65. The highest BCUT2D eigenvalue weighted by molar-refractivity contribution is 5.00. The standard InChI is InChI=1S/C9H18O/c1-7(2)4-5-9(10)6-8(9)3/h7-8,10H,4-6H2,1-3H3. The van der Waals surface area contributed by atoms with E-state index in [1.807, 2.05) is 0 Å². The van der Waals surface area contributed by atoms with Crippen molar-refractivity contribution >= 4 is 0 Å². The minimum Gasteiger partial charge on any atom is -0.390 e. The third-order valence-corrected chi connectivity index (χ3v) is 2.57. The fraction of sp³-hybridized carbons (Fsp3) is 1.00. The van der Waals surface area contributed by atoms with Crippen LogP contribution in [-0.4, -0.2) is 10.7 Å². The molecule has 0 aromatic heterocycles. The summed E-state index contributed by atoms with van der Waals surface area (Å²) in [5.41, 5.74) is -0.260. The monoisotopic (exact) mass is 142 g/mol. The Morgan fingerprint density at radius 2 is 2.10 bits per heavy atom. The first-order valence-corrected chi connectivity index (χ1v) is 4.27. The van der Waals surface area contributed by atoms with E-state index < -0.39 is 0 Å². The maximum Gasteiger partial charge on any atom is 0.0678 e. The Bertz CT molecular complexity index is 120. The summed E-state index contributed by atoms with van der Waals surface area (Å²) in [7, 11) is 0. The summed E-state index contributed by atoms with van der Waals surface area (Å²) in [6, 6.07) is 0. The second-order valence-corrected chi connectivity index (χ2v) is 4.14. The van der Waals surface area contributed by atoms with E-state index in [0.29, 0.717) is 5.92 Å². The van der Waals surface area contributed by atoms with Gasteiger partial charge in [0.25, 0.3) is 0 Å². The van der Waals surface area contributed by atoms with Gasteiger partial charge in [-0.3, -0.25) is 0 Å². The Hall–Kier alpha value is -0.0400. The number of hydrogen-bond donors (Lipinski definition) is 1. The first kappa shape index (κ1) is 8.06. The number of hydrogen-bond acceptors (Lipinski definition) is 1. The Morgan fingerprint density at radius 1 is 1.60 bits per heavy atom. The molecule has 1 rings (SSSR count). The molecule has 0 saturated heterocycles. The van der Waals surface area contributed by atoms with Crippen LogP contribution in [-0.2, 0) is 0 Å². The molecule has 0 heterocycles. The quantitative estimate of drug-likeness (QED) is 0.640. The Balaban J connectivity index is 2.15. The van der Waals surface area contributed by atoms with Gasteiger partial charge in [-0.05, 0) is 31.1 Å². The largest absolute Gasteiger partial charge is 0.390 e. The van der Waals surface area contributed by atoms with Crippen molar-refractivity contribution in [2.45, 2.75) is 45.6 Å². The van der Waals surface area contributed by atoms with Crippen LogP contribution in [0.2, 0.25) is 0 Å². The molecular weight excluding hydrogens is 124 g/mol. The van der Waals surface area contributed by atoms with Gasteiger partial charge in [0.15, 0.2) is 0 Å². The summed E-state index contributed by atoms with van der Waals surface area (Å²) in [5.74, 6) is 1.29. The number of rotatable bonds is 3. The van der Waals surface area contributed by atoms with Crippen LogP contribution in [0.4, 0.5) is 0 Å². The van der Waals surface area contributed by atoms with E-state index in [9.17, 15) is 5.11 Å². The van der Waals surface area contributed by atoms with Crippen LogP contribution < -0.4 is 0 Å². The van der Waals surface area contributed by atoms with E-state index in [2.05, 4.69) is 20.8 Å². The zero-order chi connectivity index (χ0) is 7.78. The van der Waals surface area contributed by atoms with Crippen LogP contribution in [0.25, 0.3) is 0 Å². The summed E-state index contributed by atoms with van der Waals surface area (Å²) in [6.07, 6.45) is 3.20. The SMILES string of the molecule is CC(C)CCC1(O)CC1C. The molecule has 2 unspecified atom stereocenters. The fourth-order valence-corrected chi connectivity index (χ4v) is 1.36. The van der Waals surface area contributed by atoms with Gasteiger partial charge in [-0.1, -0.05) is 20.8 Å². The molecule has 60 valence electrons. The van der Waals surface area contributed by atoms with Crippen molar-refractivity contribution in [1.82, 2.24) is 0 Å². The van der Waals surface area contributed by atoms with Gasteiger partial charge in [0, 0.05) is 0 Å². The smallest absolute Gasteiger partial charge is 0.0678 e. The molecule has 1 saturated carbocycles. The van der Waals surface area contributed by atoms with Gasteiger partial charge >= 0.3 is 0 Å². The second kappa shape index (κ2) is 2.54. The van der Waals surface area contributed by atoms with E-state index in [1.165, 1.54) is 6.42 Å². The van der Waals surface area contributed by atoms with Crippen molar-refractivity contribution in [1.29, 1.82) is 0 Å². The second-order valence-electron chi connectivity index (χ2n) is 4.14. The summed E-state index contributed by atoms with van der Waals surface area (Å²) >= 11 is 0. The van der Waals surface area contributed by atoms with Crippen LogP contribution >= 0.6 is 0 Å². The molecule has 0 aliphatic heterocycles. The molecule has 1 aliphatic carbocycles. The van der Waals surface area contributed by atoms with Gasteiger partial charge in [0.05, 0.1) is 5.60 Å². The molecule has 2 atom stereocenters. The molecule has 1 N–H and O–H groups in total. The van der Waals surface area contributed by atoms with E-state index >= 15 is 0 Å². The highest BCUT2D eigenvalue weighted by Gasteiger charge is 2.48. The summed E-state index contributed by atoms with van der Waals surface area (Å²) in [6.45, 7) is 6.53. The average molecular weight is 142 g/mol. The first-order valence-electron chi connectivity index (χ1n) is 4.27. The lowest BCUT2D eigenvalue weighted by Gasteiger charge is -2.09. The fourth-order valence-electron chi connectivity index (χ4n) is 1.36. The minimum atomic E-state index is -0.260. The molecule has 1 aliphatic rings. The highest BCUT2D eigenvalue weighted by atomic mass is 16.3. The van der Waals surface area contributed by atoms with E-state index in [4.69, 9.17) is 0 Å². The zero-order valence-electron chi connectivity index (χ0n) is 7.22. The van der Waals surface area contributed by atoms with Crippen LogP contribution in [0.15, 0.2) is 0 Å². The molecule has 0 bridgehead atoms. The van der Waals surface area contributed by atoms with Gasteiger partial charge in [-0.2, -0.15) is 0 Å². The van der Waals surface area contributed by atoms with E-state index in [0.717, 1.165) is 18.8 Å². The minimum absolute atomic E-state index is 0.260. The topological polar surface area (TPSA) is 20.2 Å². The molecule has 0 spiro atoms. The first-order chi connectivity index (χ1) is 4.54. The molecule has 0 aromatic rings.